The molecule has 2 aromatic rings. The number of anilines is 1. The summed E-state index contributed by atoms with van der Waals surface area (Å²) in [6, 6.07) is 14.8. The van der Waals surface area contributed by atoms with Crippen LogP contribution in [0.3, 0.4) is 0 Å². The lowest BCUT2D eigenvalue weighted by atomic mass is 9.91. The van der Waals surface area contributed by atoms with Gasteiger partial charge in [0.05, 0.1) is 7.11 Å². The van der Waals surface area contributed by atoms with Gasteiger partial charge in [-0.25, -0.2) is 4.79 Å². The van der Waals surface area contributed by atoms with Crippen molar-refractivity contribution in [3.8, 4) is 5.75 Å². The molecule has 7 nitrogen and oxygen atoms in total. The fraction of sp³-hybridized carbons (Fsp3) is 0.545. The van der Waals surface area contributed by atoms with Crippen LogP contribution >= 0.6 is 11.8 Å². The lowest BCUT2D eigenvalue weighted by Gasteiger charge is -2.30. The smallest absolute Gasteiger partial charge is 0.327 e. The van der Waals surface area contributed by atoms with E-state index < -0.39 is 17.9 Å². The molecule has 222 valence electrons. The predicted octanol–water partition coefficient (Wildman–Crippen LogP) is 6.49. The van der Waals surface area contributed by atoms with Crippen LogP contribution in [0.1, 0.15) is 87.1 Å². The Kier molecular flexibility index (Phi) is 11.7. The van der Waals surface area contributed by atoms with Gasteiger partial charge in [0.1, 0.15) is 11.8 Å². The second kappa shape index (κ2) is 15.4. The Morgan fingerprint density at radius 1 is 0.951 bits per heavy atom. The zero-order chi connectivity index (χ0) is 29.2. The summed E-state index contributed by atoms with van der Waals surface area (Å²) in [6.07, 6.45) is 14.8. The van der Waals surface area contributed by atoms with Crippen molar-refractivity contribution in [2.45, 2.75) is 95.7 Å². The number of hydrogen-bond acceptors (Lipinski definition) is 6. The third kappa shape index (κ3) is 8.58. The van der Waals surface area contributed by atoms with Crippen LogP contribution in [0.15, 0.2) is 48.5 Å². The fourth-order valence-electron chi connectivity index (χ4n) is 6.06. The standard InChI is InChI=1S/C21H21NO5S.C12H23N/c1-13(12-28-21(26)14-6-4-3-5-7-14)19(23)22-17-9-8-16(27-2)10-15(17)11-18(22)20(24)25;1-3-7-11(8-4-1)13-12-9-5-2-6-10-12/h3-10,13,18H,11-12H2,1-2H3,(H,24,25);11-13H,1-10H2. The third-order valence-corrected chi connectivity index (χ3v) is 9.54. The Labute approximate surface area is 248 Å². The van der Waals surface area contributed by atoms with Crippen LogP contribution in [0.2, 0.25) is 0 Å². The highest BCUT2D eigenvalue weighted by atomic mass is 32.2. The highest BCUT2D eigenvalue weighted by molar-refractivity contribution is 8.14. The van der Waals surface area contributed by atoms with Crippen LogP contribution < -0.4 is 15.0 Å². The highest BCUT2D eigenvalue weighted by Gasteiger charge is 2.40. The maximum atomic E-state index is 13.0. The van der Waals surface area contributed by atoms with Crippen molar-refractivity contribution >= 4 is 34.4 Å². The van der Waals surface area contributed by atoms with Gasteiger partial charge in [-0.2, -0.15) is 0 Å². The number of thioether (sulfide) groups is 1. The Bertz CT molecular complexity index is 1150. The summed E-state index contributed by atoms with van der Waals surface area (Å²) in [6.45, 7) is 1.72. The molecular formula is C33H44N2O5S. The van der Waals surface area contributed by atoms with Gasteiger partial charge in [-0.05, 0) is 49.4 Å². The van der Waals surface area contributed by atoms with Gasteiger partial charge in [0.2, 0.25) is 11.0 Å². The monoisotopic (exact) mass is 580 g/mol. The van der Waals surface area contributed by atoms with Gasteiger partial charge in [0.15, 0.2) is 0 Å². The average molecular weight is 581 g/mol. The number of nitrogens with one attached hydrogen (secondary N) is 1. The molecule has 2 aliphatic carbocycles. The van der Waals surface area contributed by atoms with Crippen molar-refractivity contribution in [1.82, 2.24) is 5.32 Å². The largest absolute Gasteiger partial charge is 0.497 e. The van der Waals surface area contributed by atoms with E-state index in [9.17, 15) is 19.5 Å². The summed E-state index contributed by atoms with van der Waals surface area (Å²) < 4.78 is 5.19. The number of methoxy groups -OCH3 is 1. The van der Waals surface area contributed by atoms with E-state index in [1.165, 1.54) is 76.2 Å². The molecule has 2 aromatic carbocycles. The average Bonchev–Trinajstić information content (AvgIpc) is 3.40. The summed E-state index contributed by atoms with van der Waals surface area (Å²) in [7, 11) is 1.54. The third-order valence-electron chi connectivity index (χ3n) is 8.37. The first kappa shape index (κ1) is 31.1. The lowest BCUT2D eigenvalue weighted by molar-refractivity contribution is -0.140. The molecular weight excluding hydrogens is 536 g/mol. The van der Waals surface area contributed by atoms with Gasteiger partial charge in [-0.3, -0.25) is 14.5 Å². The number of carbonyl (C=O) groups is 3. The summed E-state index contributed by atoms with van der Waals surface area (Å²) in [4.78, 5) is 38.4. The van der Waals surface area contributed by atoms with E-state index in [2.05, 4.69) is 5.32 Å². The number of carbonyl (C=O) groups excluding carboxylic acids is 2. The Morgan fingerprint density at radius 2 is 1.56 bits per heavy atom. The van der Waals surface area contributed by atoms with Crippen LogP contribution in [0.4, 0.5) is 5.69 Å². The molecule has 2 saturated carbocycles. The molecule has 2 fully saturated rings. The highest BCUT2D eigenvalue weighted by Crippen LogP contribution is 2.36. The number of hydrogen-bond donors (Lipinski definition) is 2. The number of fused-ring (bicyclic) bond motifs is 1. The molecule has 5 rings (SSSR count). The Morgan fingerprint density at radius 3 is 2.12 bits per heavy atom. The minimum Gasteiger partial charge on any atom is -0.497 e. The van der Waals surface area contributed by atoms with Crippen molar-refractivity contribution in [2.24, 2.45) is 5.92 Å². The topological polar surface area (TPSA) is 95.9 Å². The normalized spacial score (nSPS) is 20.0. The first-order valence-electron chi connectivity index (χ1n) is 15.1. The minimum atomic E-state index is -1.05. The zero-order valence-electron chi connectivity index (χ0n) is 24.3. The number of benzene rings is 2. The predicted molar refractivity (Wildman–Crippen MR) is 165 cm³/mol. The fourth-order valence-corrected chi connectivity index (χ4v) is 6.91. The van der Waals surface area contributed by atoms with Crippen molar-refractivity contribution in [2.75, 3.05) is 17.8 Å². The molecule has 0 radical (unpaired) electrons. The molecule has 1 amide bonds. The number of ether oxygens (including phenoxy) is 1. The number of nitrogens with zero attached hydrogens (tertiary/aromatic N) is 1. The lowest BCUT2D eigenvalue weighted by Crippen LogP contribution is -2.45. The quantitative estimate of drug-likeness (QED) is 0.369. The van der Waals surface area contributed by atoms with Crippen LogP contribution in [0.5, 0.6) is 5.75 Å². The van der Waals surface area contributed by atoms with Crippen molar-refractivity contribution in [3.05, 3.63) is 59.7 Å². The SMILES string of the molecule is C1CCC(NC2CCCCC2)CC1.COc1ccc2c(c1)CC(C(=O)O)N2C(=O)C(C)CSC(=O)c1ccccc1. The van der Waals surface area contributed by atoms with Gasteiger partial charge >= 0.3 is 5.97 Å². The molecule has 1 heterocycles. The second-order valence-electron chi connectivity index (χ2n) is 11.5. The van der Waals surface area contributed by atoms with Gasteiger partial charge < -0.3 is 15.2 Å². The molecule has 0 saturated heterocycles. The van der Waals surface area contributed by atoms with Crippen LogP contribution in [-0.4, -0.2) is 53.1 Å². The van der Waals surface area contributed by atoms with Crippen molar-refractivity contribution < 1.29 is 24.2 Å². The van der Waals surface area contributed by atoms with Gasteiger partial charge in [-0.1, -0.05) is 87.5 Å². The van der Waals surface area contributed by atoms with E-state index in [0.717, 1.165) is 29.4 Å². The number of aliphatic carboxylic acids is 1. The summed E-state index contributed by atoms with van der Waals surface area (Å²) in [5, 5.41) is 13.3. The molecule has 0 aromatic heterocycles. The Hall–Kier alpha value is -2.84. The summed E-state index contributed by atoms with van der Waals surface area (Å²) >= 11 is 1.07. The van der Waals surface area contributed by atoms with E-state index in [4.69, 9.17) is 4.74 Å². The van der Waals surface area contributed by atoms with Crippen LogP contribution in [-0.2, 0) is 16.0 Å². The molecule has 2 atom stereocenters. The molecule has 0 spiro atoms. The number of carboxylic acid groups (broad SMARTS) is 1. The van der Waals surface area contributed by atoms with Gasteiger partial charge in [0.25, 0.3) is 0 Å². The molecule has 2 N–H and O–H groups in total. The zero-order valence-corrected chi connectivity index (χ0v) is 25.2. The molecule has 41 heavy (non-hydrogen) atoms. The van der Waals surface area contributed by atoms with Crippen LogP contribution in [0.25, 0.3) is 0 Å². The maximum Gasteiger partial charge on any atom is 0.327 e. The van der Waals surface area contributed by atoms with E-state index in [1.54, 1.807) is 49.4 Å². The Balaban J connectivity index is 0.000000247. The van der Waals surface area contributed by atoms with E-state index in [-0.39, 0.29) is 23.2 Å². The second-order valence-corrected chi connectivity index (χ2v) is 12.5. The van der Waals surface area contributed by atoms with Gasteiger partial charge in [-0.15, -0.1) is 0 Å². The summed E-state index contributed by atoms with van der Waals surface area (Å²) in [5.41, 5.74) is 1.93. The van der Waals surface area contributed by atoms with E-state index in [1.807, 2.05) is 6.07 Å². The first-order chi connectivity index (χ1) is 19.9. The molecule has 2 unspecified atom stereocenters. The number of amides is 1. The molecule has 3 aliphatic rings. The van der Waals surface area contributed by atoms with Crippen LogP contribution in [0, 0.1) is 5.92 Å². The number of carboxylic acids is 1. The number of rotatable bonds is 8. The molecule has 8 heteroatoms. The van der Waals surface area contributed by atoms with Gasteiger partial charge in [0, 0.05) is 41.4 Å². The first-order valence-corrected chi connectivity index (χ1v) is 16.1. The minimum absolute atomic E-state index is 0.110. The molecule has 0 bridgehead atoms. The van der Waals surface area contributed by atoms with Crippen molar-refractivity contribution in [3.63, 3.8) is 0 Å². The van der Waals surface area contributed by atoms with E-state index in [0.29, 0.717) is 17.0 Å². The maximum absolute atomic E-state index is 13.0. The summed E-state index contributed by atoms with van der Waals surface area (Å²) in [5.74, 6) is -0.962. The molecule has 1 aliphatic heterocycles. The van der Waals surface area contributed by atoms with Crippen molar-refractivity contribution in [1.29, 1.82) is 0 Å². The van der Waals surface area contributed by atoms with E-state index >= 15 is 0 Å².